The lowest BCUT2D eigenvalue weighted by molar-refractivity contribution is 0.393. The molecule has 0 rings (SSSR count). The van der Waals surface area contributed by atoms with Gasteiger partial charge in [-0.15, -0.1) is 0 Å². The van der Waals surface area contributed by atoms with Crippen molar-refractivity contribution >= 4 is 35.8 Å². The molecule has 1 unspecified atom stereocenters. The quantitative estimate of drug-likeness (QED) is 0.633. The van der Waals surface area contributed by atoms with Gasteiger partial charge in [0.2, 0.25) is 8.32 Å². The summed E-state index contributed by atoms with van der Waals surface area (Å²) >= 11 is 0. The van der Waals surface area contributed by atoms with Gasteiger partial charge in [-0.1, -0.05) is 0 Å². The highest BCUT2D eigenvalue weighted by molar-refractivity contribution is 8.26. The molecule has 0 aliphatic carbocycles. The van der Waals surface area contributed by atoms with E-state index < -0.39 is 35.8 Å². The molecule has 0 aromatic heterocycles. The van der Waals surface area contributed by atoms with Crippen LogP contribution in [0.1, 0.15) is 6.42 Å². The largest absolute Gasteiger partial charge is 0.435 e. The van der Waals surface area contributed by atoms with Crippen LogP contribution < -0.4 is 5.73 Å². The van der Waals surface area contributed by atoms with Crippen LogP contribution in [0.5, 0.6) is 0 Å². The van der Waals surface area contributed by atoms with Gasteiger partial charge in [-0.05, 0) is 65.3 Å². The zero-order valence-corrected chi connectivity index (χ0v) is 18.6. The topological polar surface area (TPSA) is 53.7 Å². The van der Waals surface area contributed by atoms with E-state index in [4.69, 9.17) is 17.6 Å². The third-order valence-electron chi connectivity index (χ3n) is 2.07. The first kappa shape index (κ1) is 20.8. The minimum atomic E-state index is -2.17. The minimum Gasteiger partial charge on any atom is -0.435 e. The first-order valence-corrected chi connectivity index (χ1v) is 18.9. The Morgan fingerprint density at radius 1 is 0.850 bits per heavy atom. The van der Waals surface area contributed by atoms with Crippen LogP contribution in [0.3, 0.4) is 0 Å². The van der Waals surface area contributed by atoms with E-state index in [1.54, 1.807) is 0 Å². The van der Waals surface area contributed by atoms with Crippen molar-refractivity contribution in [3.8, 4) is 0 Å². The fourth-order valence-electron chi connectivity index (χ4n) is 2.15. The summed E-state index contributed by atoms with van der Waals surface area (Å²) in [6.07, 6.45) is 3.07. The van der Waals surface area contributed by atoms with Crippen LogP contribution in [0.15, 0.2) is 0 Å². The summed E-state index contributed by atoms with van der Waals surface area (Å²) in [6.45, 7) is 18.2. The molecule has 4 nitrogen and oxygen atoms in total. The van der Waals surface area contributed by atoms with Gasteiger partial charge in [0.25, 0.3) is 0 Å². The van der Waals surface area contributed by atoms with Crippen molar-refractivity contribution in [2.45, 2.75) is 58.8 Å². The van der Waals surface area contributed by atoms with E-state index in [-0.39, 0.29) is 0 Å². The molecule has 0 spiro atoms. The normalized spacial score (nSPS) is 18.7. The lowest BCUT2D eigenvalue weighted by Crippen LogP contribution is -2.46. The Morgan fingerprint density at radius 3 is 1.70 bits per heavy atom. The number of nitrogens with two attached hydrogens (primary N) is 1. The minimum absolute atomic E-state index is 0.678. The average molecular weight is 358 g/mol. The fourth-order valence-corrected chi connectivity index (χ4v) is 17.9. The predicted octanol–water partition coefficient (Wildman–Crippen LogP) is 4.02. The first-order chi connectivity index (χ1) is 8.68. The molecule has 0 aliphatic rings. The summed E-state index contributed by atoms with van der Waals surface area (Å²) in [6, 6.07) is 0. The van der Waals surface area contributed by atoms with Crippen molar-refractivity contribution < 1.29 is 11.9 Å². The van der Waals surface area contributed by atoms with E-state index >= 15 is 0 Å². The Bertz CT molecular complexity index is 305. The summed E-state index contributed by atoms with van der Waals surface area (Å²) in [5, 5.41) is 0. The van der Waals surface area contributed by atoms with Crippen molar-refractivity contribution in [1.29, 1.82) is 0 Å². The molecule has 124 valence electrons. The Morgan fingerprint density at radius 2 is 1.35 bits per heavy atom. The number of hydrogen-bond donors (Lipinski definition) is 1. The summed E-state index contributed by atoms with van der Waals surface area (Å²) < 4.78 is 19.2. The molecule has 2 N–H and O–H groups in total. The van der Waals surface area contributed by atoms with Crippen LogP contribution in [0.25, 0.3) is 0 Å². The Kier molecular flexibility index (Phi) is 7.72. The van der Waals surface area contributed by atoms with Crippen LogP contribution in [-0.4, -0.2) is 43.7 Å². The highest BCUT2D eigenvalue weighted by Crippen LogP contribution is 2.52. The smallest absolute Gasteiger partial charge is 0.345 e. The van der Waals surface area contributed by atoms with E-state index in [0.29, 0.717) is 6.54 Å². The van der Waals surface area contributed by atoms with Gasteiger partial charge in [-0.3, -0.25) is 3.87 Å². The second-order valence-corrected chi connectivity index (χ2v) is 23.3. The molecular weight excluding hydrogens is 322 g/mol. The summed E-state index contributed by atoms with van der Waals surface area (Å²) in [4.78, 5) is 0. The highest BCUT2D eigenvalue weighted by Gasteiger charge is 2.38. The molecule has 0 saturated heterocycles. The Balaban J connectivity index is 4.96. The van der Waals surface area contributed by atoms with E-state index in [0.717, 1.165) is 12.2 Å². The van der Waals surface area contributed by atoms with Gasteiger partial charge in [0.1, 0.15) is 0 Å². The van der Waals surface area contributed by atoms with Gasteiger partial charge in [-0.25, -0.2) is 10.6 Å². The van der Waals surface area contributed by atoms with Crippen molar-refractivity contribution in [2.75, 3.05) is 18.6 Å². The van der Waals surface area contributed by atoms with Gasteiger partial charge in [0.05, 0.1) is 0 Å². The molecule has 0 aromatic rings. The lowest BCUT2D eigenvalue weighted by atomic mass is 10.5. The fraction of sp³-hybridized carbons (Fsp3) is 1.00. The molecule has 0 aliphatic heterocycles. The van der Waals surface area contributed by atoms with Gasteiger partial charge in [0, 0.05) is 12.0 Å². The van der Waals surface area contributed by atoms with Crippen molar-refractivity contribution in [3.05, 3.63) is 0 Å². The number of hydrogen-bond acceptors (Lipinski definition) is 4. The van der Waals surface area contributed by atoms with Gasteiger partial charge < -0.3 is 13.7 Å². The molecular formula is C12H35NO3SSi3. The molecule has 0 saturated carbocycles. The Labute approximate surface area is 131 Å². The molecule has 0 radical (unpaired) electrons. The first-order valence-electron chi connectivity index (χ1n) is 7.26. The zero-order chi connectivity index (χ0) is 16.2. The van der Waals surface area contributed by atoms with Gasteiger partial charge in [-0.2, -0.15) is 0 Å². The lowest BCUT2D eigenvalue weighted by Gasteiger charge is -2.49. The third-order valence-corrected chi connectivity index (χ3v) is 13.9. The molecule has 0 amide bonds. The molecule has 0 heterocycles. The van der Waals surface area contributed by atoms with Gasteiger partial charge >= 0.3 is 8.56 Å². The molecule has 8 heteroatoms. The van der Waals surface area contributed by atoms with Crippen LogP contribution >= 0.6 is 10.6 Å². The van der Waals surface area contributed by atoms with E-state index in [1.165, 1.54) is 0 Å². The zero-order valence-electron chi connectivity index (χ0n) is 14.8. The van der Waals surface area contributed by atoms with Crippen molar-refractivity contribution in [3.63, 3.8) is 0 Å². The maximum absolute atomic E-state index is 6.47. The predicted molar refractivity (Wildman–Crippen MR) is 99.5 cm³/mol. The SMILES string of the molecule is C[Si](C)(C)O[Si](C)(C)OS(C)(CCCN)O[Si](C)(C)C. The van der Waals surface area contributed by atoms with Crippen LogP contribution in [-0.2, 0) is 11.9 Å². The van der Waals surface area contributed by atoms with E-state index in [9.17, 15) is 0 Å². The van der Waals surface area contributed by atoms with Gasteiger partial charge in [0.15, 0.2) is 8.32 Å². The standard InChI is InChI=1S/C12H35NO3SSi3/c1-17(12-10-11-13,14-18(2,3)4)15-20(8,9)16-19(5,6)7/h10-13H2,1-9H3. The van der Waals surface area contributed by atoms with E-state index in [1.807, 2.05) is 0 Å². The number of rotatable bonds is 9. The van der Waals surface area contributed by atoms with E-state index in [2.05, 4.69) is 58.6 Å². The second-order valence-electron chi connectivity index (χ2n) is 7.67. The summed E-state index contributed by atoms with van der Waals surface area (Å²) in [7, 11) is -6.97. The van der Waals surface area contributed by atoms with Crippen molar-refractivity contribution in [2.24, 2.45) is 5.73 Å². The van der Waals surface area contributed by atoms with Crippen LogP contribution in [0.2, 0.25) is 52.4 Å². The maximum atomic E-state index is 6.47. The molecule has 0 bridgehead atoms. The second kappa shape index (κ2) is 7.40. The molecule has 1 atom stereocenters. The summed E-state index contributed by atoms with van der Waals surface area (Å²) in [5.74, 6) is 0.902. The van der Waals surface area contributed by atoms with Crippen LogP contribution in [0.4, 0.5) is 0 Å². The molecule has 0 aromatic carbocycles. The third kappa shape index (κ3) is 10.6. The van der Waals surface area contributed by atoms with Crippen molar-refractivity contribution in [1.82, 2.24) is 0 Å². The van der Waals surface area contributed by atoms with Crippen LogP contribution in [0, 0.1) is 0 Å². The monoisotopic (exact) mass is 357 g/mol. The highest BCUT2D eigenvalue weighted by atomic mass is 32.3. The molecule has 0 fully saturated rings. The maximum Gasteiger partial charge on any atom is 0.345 e. The average Bonchev–Trinajstić information content (AvgIpc) is 2.05. The molecule has 20 heavy (non-hydrogen) atoms. The summed E-state index contributed by atoms with van der Waals surface area (Å²) in [5.41, 5.74) is 5.67. The Hall–Kier alpha value is 0.841.